The third-order valence-electron chi connectivity index (χ3n) is 4.28. The Labute approximate surface area is 143 Å². The number of methoxy groups -OCH3 is 1. The second-order valence-corrected chi connectivity index (χ2v) is 5.87. The van der Waals surface area contributed by atoms with E-state index in [1.165, 1.54) is 11.1 Å². The van der Waals surface area contributed by atoms with Gasteiger partial charge < -0.3 is 14.5 Å². The van der Waals surface area contributed by atoms with Gasteiger partial charge in [0.05, 0.1) is 25.8 Å². The molecule has 3 rings (SSSR count). The summed E-state index contributed by atoms with van der Waals surface area (Å²) in [6, 6.07) is 22.8. The van der Waals surface area contributed by atoms with E-state index in [0.717, 1.165) is 31.0 Å². The summed E-state index contributed by atoms with van der Waals surface area (Å²) in [5, 5.41) is 2.35. The van der Waals surface area contributed by atoms with Gasteiger partial charge in [0.2, 0.25) is 0 Å². The fourth-order valence-corrected chi connectivity index (χ4v) is 3.06. The first-order valence-corrected chi connectivity index (χ1v) is 8.40. The number of hydrogen-bond donors (Lipinski definition) is 1. The molecule has 3 heteroatoms. The average Bonchev–Trinajstić information content (AvgIpc) is 3.17. The van der Waals surface area contributed by atoms with Gasteiger partial charge in [-0.25, -0.2) is 0 Å². The zero-order chi connectivity index (χ0) is 16.6. The molecule has 0 bridgehead atoms. The molecule has 0 fully saturated rings. The smallest absolute Gasteiger partial charge is 0.122 e. The number of hydrogen-bond acceptors (Lipinski definition) is 2. The number of quaternary nitrogens is 1. The lowest BCUT2D eigenvalue weighted by molar-refractivity contribution is -0.671. The van der Waals surface area contributed by atoms with Gasteiger partial charge in [0.25, 0.3) is 0 Å². The number of para-hydroxylation sites is 1. The summed E-state index contributed by atoms with van der Waals surface area (Å²) in [7, 11) is 1.72. The van der Waals surface area contributed by atoms with Crippen LogP contribution in [-0.4, -0.2) is 13.7 Å². The molecule has 24 heavy (non-hydrogen) atoms. The molecule has 124 valence electrons. The van der Waals surface area contributed by atoms with Crippen LogP contribution in [0.2, 0.25) is 0 Å². The van der Waals surface area contributed by atoms with Crippen molar-refractivity contribution < 1.29 is 14.5 Å². The van der Waals surface area contributed by atoms with E-state index < -0.39 is 0 Å². The molecule has 0 aliphatic heterocycles. The largest absolute Gasteiger partial charge is 0.496 e. The molecule has 0 aliphatic rings. The molecule has 2 aromatic carbocycles. The Hall–Kier alpha value is -2.52. The number of benzene rings is 2. The molecular weight excluding hydrogens is 298 g/mol. The standard InChI is InChI=1S/C21H23NO2/c1-23-20-11-6-5-10-18(20)19(21-12-7-15-24-21)13-14-22-16-17-8-3-2-4-9-17/h2-12,15,19,22H,13-14,16H2,1H3/p+1/t19-/m1/s1. The van der Waals surface area contributed by atoms with E-state index in [4.69, 9.17) is 9.15 Å². The molecule has 3 aromatic rings. The molecule has 2 N–H and O–H groups in total. The fourth-order valence-electron chi connectivity index (χ4n) is 3.06. The highest BCUT2D eigenvalue weighted by atomic mass is 16.5. The Morgan fingerprint density at radius 1 is 0.958 bits per heavy atom. The Bertz CT molecular complexity index is 723. The molecule has 0 aliphatic carbocycles. The lowest BCUT2D eigenvalue weighted by Gasteiger charge is -2.17. The first-order valence-electron chi connectivity index (χ1n) is 8.40. The third-order valence-corrected chi connectivity index (χ3v) is 4.28. The lowest BCUT2D eigenvalue weighted by Crippen LogP contribution is -2.82. The van der Waals surface area contributed by atoms with Crippen LogP contribution in [0.25, 0.3) is 0 Å². The summed E-state index contributed by atoms with van der Waals surface area (Å²) in [4.78, 5) is 0. The molecule has 0 radical (unpaired) electrons. The number of ether oxygens (including phenoxy) is 1. The summed E-state index contributed by atoms with van der Waals surface area (Å²) in [6.07, 6.45) is 2.74. The van der Waals surface area contributed by atoms with Crippen molar-refractivity contribution in [3.8, 4) is 5.75 Å². The van der Waals surface area contributed by atoms with Crippen LogP contribution < -0.4 is 10.1 Å². The lowest BCUT2D eigenvalue weighted by atomic mass is 9.92. The van der Waals surface area contributed by atoms with Gasteiger partial charge in [0, 0.05) is 17.5 Å². The first-order chi connectivity index (χ1) is 11.9. The number of furan rings is 1. The van der Waals surface area contributed by atoms with Crippen molar-refractivity contribution >= 4 is 0 Å². The normalized spacial score (nSPS) is 12.0. The first kappa shape index (κ1) is 16.3. The van der Waals surface area contributed by atoms with Crippen molar-refractivity contribution in [3.63, 3.8) is 0 Å². The van der Waals surface area contributed by atoms with Crippen LogP contribution in [0.5, 0.6) is 5.75 Å². The molecule has 1 heterocycles. The molecule has 0 unspecified atom stereocenters. The summed E-state index contributed by atoms with van der Waals surface area (Å²) in [6.45, 7) is 2.02. The minimum absolute atomic E-state index is 0.211. The molecule has 1 aromatic heterocycles. The van der Waals surface area contributed by atoms with E-state index in [9.17, 15) is 0 Å². The Kier molecular flexibility index (Phi) is 5.70. The van der Waals surface area contributed by atoms with Gasteiger partial charge in [-0.05, 0) is 18.2 Å². The van der Waals surface area contributed by atoms with Gasteiger partial charge in [-0.2, -0.15) is 0 Å². The Morgan fingerprint density at radius 3 is 2.50 bits per heavy atom. The highest BCUT2D eigenvalue weighted by molar-refractivity contribution is 5.39. The third kappa shape index (κ3) is 4.06. The van der Waals surface area contributed by atoms with E-state index in [0.29, 0.717) is 0 Å². The maximum absolute atomic E-state index is 5.70. The van der Waals surface area contributed by atoms with Gasteiger partial charge in [-0.1, -0.05) is 48.5 Å². The maximum Gasteiger partial charge on any atom is 0.122 e. The predicted molar refractivity (Wildman–Crippen MR) is 95.1 cm³/mol. The molecule has 0 amide bonds. The number of rotatable bonds is 8. The monoisotopic (exact) mass is 322 g/mol. The molecule has 0 saturated heterocycles. The van der Waals surface area contributed by atoms with Crippen LogP contribution in [0.4, 0.5) is 0 Å². The summed E-state index contributed by atoms with van der Waals surface area (Å²) in [5.74, 6) is 2.12. The van der Waals surface area contributed by atoms with Gasteiger partial charge in [0.15, 0.2) is 0 Å². The second kappa shape index (κ2) is 8.37. The minimum Gasteiger partial charge on any atom is -0.496 e. The molecular formula is C21H24NO2+. The second-order valence-electron chi connectivity index (χ2n) is 5.87. The summed E-state index contributed by atoms with van der Waals surface area (Å²) < 4.78 is 11.2. The van der Waals surface area contributed by atoms with Crippen LogP contribution in [0, 0.1) is 0 Å². The van der Waals surface area contributed by atoms with Crippen molar-refractivity contribution in [2.45, 2.75) is 18.9 Å². The maximum atomic E-state index is 5.70. The van der Waals surface area contributed by atoms with Crippen LogP contribution in [0.15, 0.2) is 77.4 Å². The SMILES string of the molecule is COc1ccccc1[C@@H](CC[NH2+]Cc1ccccc1)c1ccco1. The van der Waals surface area contributed by atoms with Crippen molar-refractivity contribution in [3.05, 3.63) is 89.9 Å². The van der Waals surface area contributed by atoms with Crippen molar-refractivity contribution in [1.82, 2.24) is 0 Å². The topological polar surface area (TPSA) is 39.0 Å². The molecule has 1 atom stereocenters. The van der Waals surface area contributed by atoms with Crippen LogP contribution >= 0.6 is 0 Å². The van der Waals surface area contributed by atoms with Gasteiger partial charge in [-0.15, -0.1) is 0 Å². The minimum atomic E-state index is 0.211. The van der Waals surface area contributed by atoms with Gasteiger partial charge in [-0.3, -0.25) is 0 Å². The summed E-state index contributed by atoms with van der Waals surface area (Å²) in [5.41, 5.74) is 2.53. The van der Waals surface area contributed by atoms with E-state index in [1.807, 2.05) is 24.3 Å². The van der Waals surface area contributed by atoms with E-state index in [1.54, 1.807) is 13.4 Å². The van der Waals surface area contributed by atoms with Crippen LogP contribution in [0.1, 0.15) is 29.2 Å². The van der Waals surface area contributed by atoms with Crippen LogP contribution in [0.3, 0.4) is 0 Å². The number of nitrogens with two attached hydrogens (primary N) is 1. The van der Waals surface area contributed by atoms with Crippen molar-refractivity contribution in [2.24, 2.45) is 0 Å². The quantitative estimate of drug-likeness (QED) is 0.644. The van der Waals surface area contributed by atoms with Gasteiger partial charge in [0.1, 0.15) is 18.1 Å². The zero-order valence-electron chi connectivity index (χ0n) is 14.0. The average molecular weight is 322 g/mol. The van der Waals surface area contributed by atoms with E-state index in [2.05, 4.69) is 47.8 Å². The Morgan fingerprint density at radius 2 is 1.75 bits per heavy atom. The van der Waals surface area contributed by atoms with E-state index in [-0.39, 0.29) is 5.92 Å². The zero-order valence-corrected chi connectivity index (χ0v) is 14.0. The highest BCUT2D eigenvalue weighted by Gasteiger charge is 2.21. The molecule has 0 spiro atoms. The molecule has 3 nitrogen and oxygen atoms in total. The fraction of sp³-hybridized carbons (Fsp3) is 0.238. The highest BCUT2D eigenvalue weighted by Crippen LogP contribution is 2.33. The van der Waals surface area contributed by atoms with Gasteiger partial charge >= 0.3 is 0 Å². The molecule has 0 saturated carbocycles. The Balaban J connectivity index is 1.67. The van der Waals surface area contributed by atoms with E-state index >= 15 is 0 Å². The van der Waals surface area contributed by atoms with Crippen molar-refractivity contribution in [1.29, 1.82) is 0 Å². The van der Waals surface area contributed by atoms with Crippen LogP contribution in [-0.2, 0) is 6.54 Å². The summed E-state index contributed by atoms with van der Waals surface area (Å²) >= 11 is 0. The predicted octanol–water partition coefficient (Wildman–Crippen LogP) is 3.57. The van der Waals surface area contributed by atoms with Crippen molar-refractivity contribution in [2.75, 3.05) is 13.7 Å².